The summed E-state index contributed by atoms with van der Waals surface area (Å²) in [5.74, 6) is 1.05. The zero-order chi connectivity index (χ0) is 15.8. The van der Waals surface area contributed by atoms with Crippen LogP contribution in [-0.4, -0.2) is 40.7 Å². The molecule has 0 atom stereocenters. The van der Waals surface area contributed by atoms with Crippen molar-refractivity contribution < 1.29 is 4.79 Å². The highest BCUT2D eigenvalue weighted by Gasteiger charge is 2.30. The number of nitrogens with zero attached hydrogens (tertiary/aromatic N) is 4. The number of amidine groups is 1. The number of pyridine rings is 1. The van der Waals surface area contributed by atoms with Crippen molar-refractivity contribution in [2.75, 3.05) is 13.1 Å². The quantitative estimate of drug-likeness (QED) is 0.817. The van der Waals surface area contributed by atoms with Crippen molar-refractivity contribution in [3.05, 3.63) is 58.9 Å². The van der Waals surface area contributed by atoms with Crippen molar-refractivity contribution >= 4 is 35.0 Å². The van der Waals surface area contributed by atoms with Crippen LogP contribution >= 0.6 is 11.6 Å². The van der Waals surface area contributed by atoms with Crippen LogP contribution in [0.5, 0.6) is 0 Å². The molecular formula is C16H12ClN5O. The molecule has 6 nitrogen and oxygen atoms in total. The normalized spacial score (nSPS) is 15.4. The highest BCUT2D eigenvalue weighted by molar-refractivity contribution is 6.29. The number of hydrogen-bond donors (Lipinski definition) is 1. The summed E-state index contributed by atoms with van der Waals surface area (Å²) in [7, 11) is 0. The van der Waals surface area contributed by atoms with Crippen molar-refractivity contribution in [3.8, 4) is 0 Å². The third kappa shape index (κ3) is 2.47. The average Bonchev–Trinajstić information content (AvgIpc) is 3.06. The van der Waals surface area contributed by atoms with Crippen molar-refractivity contribution in [3.63, 3.8) is 0 Å². The SMILES string of the molecule is O=C(NC1=Nc2ccccc2C2=NCCN12)c1ccc(Cl)nc1. The molecule has 2 aromatic rings. The van der Waals surface area contributed by atoms with E-state index >= 15 is 0 Å². The molecule has 0 bridgehead atoms. The molecule has 2 aliphatic heterocycles. The number of benzene rings is 1. The molecule has 2 aliphatic rings. The lowest BCUT2D eigenvalue weighted by Crippen LogP contribution is -2.47. The van der Waals surface area contributed by atoms with Gasteiger partial charge < -0.3 is 0 Å². The van der Waals surface area contributed by atoms with Gasteiger partial charge in [-0.15, -0.1) is 0 Å². The lowest BCUT2D eigenvalue weighted by atomic mass is 10.1. The molecule has 0 saturated heterocycles. The number of hydrogen-bond acceptors (Lipinski definition) is 5. The summed E-state index contributed by atoms with van der Waals surface area (Å²) < 4.78 is 0. The number of aliphatic imine (C=N–C) groups is 2. The van der Waals surface area contributed by atoms with E-state index in [4.69, 9.17) is 11.6 Å². The molecule has 23 heavy (non-hydrogen) atoms. The van der Waals surface area contributed by atoms with Crippen molar-refractivity contribution in [1.29, 1.82) is 0 Å². The number of guanidine groups is 1. The lowest BCUT2D eigenvalue weighted by molar-refractivity contribution is 0.0974. The maximum atomic E-state index is 12.4. The minimum Gasteiger partial charge on any atom is -0.294 e. The topological polar surface area (TPSA) is 70.0 Å². The maximum Gasteiger partial charge on any atom is 0.259 e. The second-order valence-electron chi connectivity index (χ2n) is 5.13. The van der Waals surface area contributed by atoms with Gasteiger partial charge in [0, 0.05) is 18.3 Å². The van der Waals surface area contributed by atoms with Gasteiger partial charge in [0.25, 0.3) is 5.91 Å². The Bertz CT molecular complexity index is 844. The van der Waals surface area contributed by atoms with Crippen molar-refractivity contribution in [2.24, 2.45) is 9.98 Å². The van der Waals surface area contributed by atoms with Gasteiger partial charge in [-0.3, -0.25) is 20.0 Å². The first-order valence-electron chi connectivity index (χ1n) is 7.15. The molecule has 0 spiro atoms. The van der Waals surface area contributed by atoms with Crippen LogP contribution in [0, 0.1) is 0 Å². The third-order valence-corrected chi connectivity index (χ3v) is 3.91. The molecule has 1 aromatic heterocycles. The minimum atomic E-state index is -0.279. The number of amides is 1. The smallest absolute Gasteiger partial charge is 0.259 e. The summed E-state index contributed by atoms with van der Waals surface area (Å²) in [6.07, 6.45) is 1.44. The summed E-state index contributed by atoms with van der Waals surface area (Å²) in [5, 5.41) is 3.19. The first-order chi connectivity index (χ1) is 11.2. The van der Waals surface area contributed by atoms with Crippen molar-refractivity contribution in [2.45, 2.75) is 0 Å². The van der Waals surface area contributed by atoms with Crippen LogP contribution in [-0.2, 0) is 0 Å². The molecule has 0 unspecified atom stereocenters. The maximum absolute atomic E-state index is 12.4. The summed E-state index contributed by atoms with van der Waals surface area (Å²) in [6, 6.07) is 11.0. The standard InChI is InChI=1S/C16H12ClN5O/c17-13-6-5-10(9-19-13)15(23)21-16-20-12-4-2-1-3-11(12)14-18-7-8-22(14)16/h1-6,9H,7-8H2,(H,20,21,23). The number of nitrogens with one attached hydrogen (secondary N) is 1. The zero-order valence-electron chi connectivity index (χ0n) is 12.0. The van der Waals surface area contributed by atoms with Crippen LogP contribution in [0.3, 0.4) is 0 Å². The molecule has 0 radical (unpaired) electrons. The van der Waals surface area contributed by atoms with E-state index in [1.165, 1.54) is 6.20 Å². The highest BCUT2D eigenvalue weighted by atomic mass is 35.5. The fourth-order valence-corrected chi connectivity index (χ4v) is 2.71. The summed E-state index contributed by atoms with van der Waals surface area (Å²) in [4.78, 5) is 27.3. The number of fused-ring (bicyclic) bond motifs is 3. The van der Waals surface area contributed by atoms with Crippen LogP contribution in [0.2, 0.25) is 5.15 Å². The Morgan fingerprint density at radius 1 is 1.22 bits per heavy atom. The van der Waals surface area contributed by atoms with E-state index < -0.39 is 0 Å². The Kier molecular flexibility index (Phi) is 3.31. The lowest BCUT2D eigenvalue weighted by Gasteiger charge is -2.27. The molecular weight excluding hydrogens is 314 g/mol. The molecule has 114 valence electrons. The van der Waals surface area contributed by atoms with E-state index in [0.717, 1.165) is 17.1 Å². The Balaban J connectivity index is 1.66. The second-order valence-corrected chi connectivity index (χ2v) is 5.52. The van der Waals surface area contributed by atoms with Gasteiger partial charge in [-0.1, -0.05) is 23.7 Å². The largest absolute Gasteiger partial charge is 0.294 e. The van der Waals surface area contributed by atoms with Crippen LogP contribution in [0.1, 0.15) is 15.9 Å². The number of rotatable bonds is 1. The first kappa shape index (κ1) is 13.9. The molecule has 4 rings (SSSR count). The Labute approximate surface area is 137 Å². The summed E-state index contributed by atoms with van der Waals surface area (Å²) in [5.41, 5.74) is 2.21. The number of para-hydroxylation sites is 1. The molecule has 3 heterocycles. The van der Waals surface area contributed by atoms with Crippen LogP contribution < -0.4 is 5.32 Å². The van der Waals surface area contributed by atoms with E-state index in [9.17, 15) is 4.79 Å². The van der Waals surface area contributed by atoms with Gasteiger partial charge in [-0.05, 0) is 24.3 Å². The predicted molar refractivity (Wildman–Crippen MR) is 88.4 cm³/mol. The van der Waals surface area contributed by atoms with Crippen LogP contribution in [0.4, 0.5) is 5.69 Å². The molecule has 1 aromatic carbocycles. The van der Waals surface area contributed by atoms with E-state index in [1.807, 2.05) is 29.2 Å². The van der Waals surface area contributed by atoms with Gasteiger partial charge in [-0.25, -0.2) is 9.98 Å². The van der Waals surface area contributed by atoms with E-state index in [-0.39, 0.29) is 5.91 Å². The Hall–Kier alpha value is -2.73. The van der Waals surface area contributed by atoms with Gasteiger partial charge >= 0.3 is 0 Å². The molecule has 0 saturated carbocycles. The van der Waals surface area contributed by atoms with Gasteiger partial charge in [-0.2, -0.15) is 0 Å². The molecule has 0 fully saturated rings. The highest BCUT2D eigenvalue weighted by Crippen LogP contribution is 2.27. The van der Waals surface area contributed by atoms with Gasteiger partial charge in [0.2, 0.25) is 5.96 Å². The third-order valence-electron chi connectivity index (χ3n) is 3.68. The Morgan fingerprint density at radius 3 is 2.91 bits per heavy atom. The summed E-state index contributed by atoms with van der Waals surface area (Å²) in [6.45, 7) is 1.38. The van der Waals surface area contributed by atoms with Crippen LogP contribution in [0.25, 0.3) is 0 Å². The van der Waals surface area contributed by atoms with E-state index in [0.29, 0.717) is 29.8 Å². The number of aromatic nitrogens is 1. The second kappa shape index (κ2) is 5.48. The predicted octanol–water partition coefficient (Wildman–Crippen LogP) is 2.23. The van der Waals surface area contributed by atoms with Gasteiger partial charge in [0.1, 0.15) is 11.0 Å². The fourth-order valence-electron chi connectivity index (χ4n) is 2.60. The first-order valence-corrected chi connectivity index (χ1v) is 7.53. The van der Waals surface area contributed by atoms with Crippen LogP contribution in [0.15, 0.2) is 52.6 Å². The van der Waals surface area contributed by atoms with Gasteiger partial charge in [0.15, 0.2) is 0 Å². The average molecular weight is 326 g/mol. The van der Waals surface area contributed by atoms with Crippen molar-refractivity contribution in [1.82, 2.24) is 15.2 Å². The number of carbonyl (C=O) groups is 1. The fraction of sp³-hybridized carbons (Fsp3) is 0.125. The summed E-state index contributed by atoms with van der Waals surface area (Å²) >= 11 is 5.75. The molecule has 1 N–H and O–H groups in total. The number of carbonyl (C=O) groups excluding carboxylic acids is 1. The molecule has 1 amide bonds. The number of halogens is 1. The molecule has 0 aliphatic carbocycles. The van der Waals surface area contributed by atoms with Gasteiger partial charge in [0.05, 0.1) is 17.8 Å². The zero-order valence-corrected chi connectivity index (χ0v) is 12.8. The Morgan fingerprint density at radius 2 is 2.09 bits per heavy atom. The van der Waals surface area contributed by atoms with E-state index in [2.05, 4.69) is 20.3 Å². The molecule has 7 heteroatoms. The minimum absolute atomic E-state index is 0.279. The van der Waals surface area contributed by atoms with E-state index in [1.54, 1.807) is 12.1 Å². The monoisotopic (exact) mass is 325 g/mol.